The molecule has 17 heavy (non-hydrogen) atoms. The van der Waals surface area contributed by atoms with Gasteiger partial charge in [-0.2, -0.15) is 0 Å². The fraction of sp³-hybridized carbons (Fsp3) is 0.636. The molecule has 0 unspecified atom stereocenters. The third-order valence-corrected chi connectivity index (χ3v) is 1.95. The zero-order valence-corrected chi connectivity index (χ0v) is 10.00. The molecule has 0 N–H and O–H groups in total. The Kier molecular flexibility index (Phi) is 4.60. The van der Waals surface area contributed by atoms with Gasteiger partial charge in [-0.25, -0.2) is 18.6 Å². The summed E-state index contributed by atoms with van der Waals surface area (Å²) in [5, 5.41) is 0. The molecule has 0 aliphatic rings. The van der Waals surface area contributed by atoms with Gasteiger partial charge in [0.05, 0.1) is 6.61 Å². The summed E-state index contributed by atoms with van der Waals surface area (Å²) in [6, 6.07) is 0. The van der Waals surface area contributed by atoms with Gasteiger partial charge in [0.2, 0.25) is 5.76 Å². The van der Waals surface area contributed by atoms with Gasteiger partial charge in [0, 0.05) is 6.42 Å². The summed E-state index contributed by atoms with van der Waals surface area (Å²) in [6.45, 7) is 5.49. The molecule has 1 rings (SSSR count). The van der Waals surface area contributed by atoms with Crippen LogP contribution < -0.4 is 0 Å². The largest absolute Gasteiger partial charge is 0.460 e. The molecule has 0 aliphatic carbocycles. The molecule has 1 aromatic heterocycles. The zero-order chi connectivity index (χ0) is 13.0. The van der Waals surface area contributed by atoms with Crippen LogP contribution >= 0.6 is 0 Å². The minimum atomic E-state index is -2.85. The Bertz CT molecular complexity index is 388. The van der Waals surface area contributed by atoms with Crippen LogP contribution in [-0.2, 0) is 11.2 Å². The Balaban J connectivity index is 3.00. The summed E-state index contributed by atoms with van der Waals surface area (Å²) in [6.07, 6.45) is -2.45. The van der Waals surface area contributed by atoms with Crippen molar-refractivity contribution in [3.63, 3.8) is 0 Å². The Hall–Kier alpha value is -1.46. The summed E-state index contributed by atoms with van der Waals surface area (Å²) in [4.78, 5) is 15.0. The van der Waals surface area contributed by atoms with E-state index in [1.165, 1.54) is 0 Å². The second-order valence-corrected chi connectivity index (χ2v) is 3.94. The number of ether oxygens (including phenoxy) is 1. The molecule has 1 aromatic rings. The fourth-order valence-electron chi connectivity index (χ4n) is 1.31. The quantitative estimate of drug-likeness (QED) is 0.750. The van der Waals surface area contributed by atoms with Gasteiger partial charge in [0.15, 0.2) is 11.6 Å². The highest BCUT2D eigenvalue weighted by Crippen LogP contribution is 2.24. The summed E-state index contributed by atoms with van der Waals surface area (Å²) in [5.74, 6) is -1.05. The van der Waals surface area contributed by atoms with Crippen LogP contribution in [0.2, 0.25) is 0 Å². The van der Waals surface area contributed by atoms with Crippen LogP contribution in [0.5, 0.6) is 0 Å². The van der Waals surface area contributed by atoms with Gasteiger partial charge < -0.3 is 9.15 Å². The van der Waals surface area contributed by atoms with Crippen molar-refractivity contribution >= 4 is 5.97 Å². The second-order valence-electron chi connectivity index (χ2n) is 3.94. The number of carbonyl (C=O) groups excluding carboxylic acids is 1. The molecular formula is C11H15F2NO3. The predicted octanol–water partition coefficient (Wildman–Crippen LogP) is 2.99. The van der Waals surface area contributed by atoms with Crippen LogP contribution in [0.3, 0.4) is 0 Å². The standard InChI is InChI=1S/C11H15F2NO3/c1-4-16-11(15)9-8(10(12)13)14-7(17-9)5-6(2)3/h6,10H,4-5H2,1-3H3. The molecule has 0 saturated carbocycles. The van der Waals surface area contributed by atoms with Crippen LogP contribution in [0.15, 0.2) is 4.42 Å². The van der Waals surface area contributed by atoms with Crippen LogP contribution in [0.4, 0.5) is 8.78 Å². The molecule has 0 atom stereocenters. The van der Waals surface area contributed by atoms with Crippen molar-refractivity contribution in [2.24, 2.45) is 5.92 Å². The number of nitrogens with zero attached hydrogens (tertiary/aromatic N) is 1. The van der Waals surface area contributed by atoms with Crippen LogP contribution in [0, 0.1) is 5.92 Å². The number of aromatic nitrogens is 1. The first kappa shape index (κ1) is 13.6. The van der Waals surface area contributed by atoms with Crippen LogP contribution in [0.25, 0.3) is 0 Å². The lowest BCUT2D eigenvalue weighted by molar-refractivity contribution is 0.0473. The number of carbonyl (C=O) groups is 1. The number of rotatable bonds is 5. The van der Waals surface area contributed by atoms with Crippen molar-refractivity contribution in [2.45, 2.75) is 33.6 Å². The molecule has 1 heterocycles. The first-order valence-corrected chi connectivity index (χ1v) is 5.40. The van der Waals surface area contributed by atoms with E-state index in [0.29, 0.717) is 6.42 Å². The highest BCUT2D eigenvalue weighted by atomic mass is 19.3. The Morgan fingerprint density at radius 3 is 2.59 bits per heavy atom. The molecule has 4 nitrogen and oxygen atoms in total. The average molecular weight is 247 g/mol. The second kappa shape index (κ2) is 5.75. The summed E-state index contributed by atoms with van der Waals surface area (Å²) in [5.41, 5.74) is -0.640. The molecule has 0 saturated heterocycles. The van der Waals surface area contributed by atoms with Gasteiger partial charge in [0.1, 0.15) is 0 Å². The minimum Gasteiger partial charge on any atom is -0.460 e. The van der Waals surface area contributed by atoms with Crippen molar-refractivity contribution in [1.82, 2.24) is 4.98 Å². The lowest BCUT2D eigenvalue weighted by Crippen LogP contribution is -2.06. The van der Waals surface area contributed by atoms with Gasteiger partial charge in [-0.1, -0.05) is 13.8 Å². The first-order chi connectivity index (χ1) is 7.95. The van der Waals surface area contributed by atoms with Crippen molar-refractivity contribution in [1.29, 1.82) is 0 Å². The van der Waals surface area contributed by atoms with E-state index in [1.807, 2.05) is 13.8 Å². The molecule has 0 amide bonds. The summed E-state index contributed by atoms with van der Waals surface area (Å²) in [7, 11) is 0. The van der Waals surface area contributed by atoms with E-state index in [-0.39, 0.29) is 18.4 Å². The van der Waals surface area contributed by atoms with Gasteiger partial charge in [-0.05, 0) is 12.8 Å². The molecule has 6 heteroatoms. The fourth-order valence-corrected chi connectivity index (χ4v) is 1.31. The van der Waals surface area contributed by atoms with Gasteiger partial charge in [-0.15, -0.1) is 0 Å². The van der Waals surface area contributed by atoms with Gasteiger partial charge >= 0.3 is 5.97 Å². The maximum absolute atomic E-state index is 12.6. The molecule has 0 radical (unpaired) electrons. The first-order valence-electron chi connectivity index (χ1n) is 5.40. The van der Waals surface area contributed by atoms with Crippen molar-refractivity contribution in [3.8, 4) is 0 Å². The maximum atomic E-state index is 12.6. The van der Waals surface area contributed by atoms with Crippen LogP contribution in [0.1, 0.15) is 49.3 Å². The van der Waals surface area contributed by atoms with E-state index in [9.17, 15) is 13.6 Å². The van der Waals surface area contributed by atoms with Crippen molar-refractivity contribution < 1.29 is 22.7 Å². The lowest BCUT2D eigenvalue weighted by atomic mass is 10.1. The molecule has 0 aliphatic heterocycles. The number of esters is 1. The van der Waals surface area contributed by atoms with Crippen molar-refractivity contribution in [3.05, 3.63) is 17.3 Å². The minimum absolute atomic E-state index is 0.0989. The Labute approximate surface area is 98.0 Å². The molecule has 96 valence electrons. The Morgan fingerprint density at radius 1 is 1.47 bits per heavy atom. The number of alkyl halides is 2. The number of hydrogen-bond acceptors (Lipinski definition) is 4. The SMILES string of the molecule is CCOC(=O)c1oc(CC(C)C)nc1C(F)F. The number of hydrogen-bond donors (Lipinski definition) is 0. The van der Waals surface area contributed by atoms with Gasteiger partial charge in [0.25, 0.3) is 6.43 Å². The summed E-state index contributed by atoms with van der Waals surface area (Å²) < 4.78 is 35.0. The number of halogens is 2. The van der Waals surface area contributed by atoms with E-state index in [1.54, 1.807) is 6.92 Å². The normalized spacial score (nSPS) is 11.2. The molecule has 0 spiro atoms. The summed E-state index contributed by atoms with van der Waals surface area (Å²) >= 11 is 0. The van der Waals surface area contributed by atoms with E-state index in [2.05, 4.69) is 9.72 Å². The molecule has 0 aromatic carbocycles. The zero-order valence-electron chi connectivity index (χ0n) is 10.00. The van der Waals surface area contributed by atoms with E-state index in [4.69, 9.17) is 4.42 Å². The smallest absolute Gasteiger partial charge is 0.376 e. The monoisotopic (exact) mass is 247 g/mol. The van der Waals surface area contributed by atoms with E-state index < -0.39 is 23.8 Å². The van der Waals surface area contributed by atoms with E-state index >= 15 is 0 Å². The molecule has 0 bridgehead atoms. The molecule has 0 fully saturated rings. The number of oxazole rings is 1. The van der Waals surface area contributed by atoms with Crippen molar-refractivity contribution in [2.75, 3.05) is 6.61 Å². The maximum Gasteiger partial charge on any atom is 0.376 e. The van der Waals surface area contributed by atoms with Gasteiger partial charge in [-0.3, -0.25) is 0 Å². The highest BCUT2D eigenvalue weighted by molar-refractivity contribution is 5.87. The highest BCUT2D eigenvalue weighted by Gasteiger charge is 2.27. The van der Waals surface area contributed by atoms with Crippen LogP contribution in [-0.4, -0.2) is 17.6 Å². The Morgan fingerprint density at radius 2 is 2.12 bits per heavy atom. The van der Waals surface area contributed by atoms with E-state index in [0.717, 1.165) is 0 Å². The molecular weight excluding hydrogens is 232 g/mol. The topological polar surface area (TPSA) is 52.3 Å². The predicted molar refractivity (Wildman–Crippen MR) is 56.0 cm³/mol. The lowest BCUT2D eigenvalue weighted by Gasteiger charge is -1.99. The third-order valence-electron chi connectivity index (χ3n) is 1.95. The average Bonchev–Trinajstić information content (AvgIpc) is 2.61. The third kappa shape index (κ3) is 3.51.